The molecule has 27 heavy (non-hydrogen) atoms. The van der Waals surface area contributed by atoms with E-state index in [0.29, 0.717) is 12.6 Å². The van der Waals surface area contributed by atoms with Crippen LogP contribution in [0.4, 0.5) is 5.82 Å². The van der Waals surface area contributed by atoms with Crippen molar-refractivity contribution in [2.75, 3.05) is 38.1 Å². The Balaban J connectivity index is 1.38. The van der Waals surface area contributed by atoms with Crippen molar-refractivity contribution in [2.45, 2.75) is 31.3 Å². The fourth-order valence-corrected chi connectivity index (χ4v) is 4.19. The van der Waals surface area contributed by atoms with E-state index in [0.717, 1.165) is 55.6 Å². The van der Waals surface area contributed by atoms with Gasteiger partial charge < -0.3 is 9.80 Å². The number of para-hydroxylation sites is 1. The molecule has 6 heteroatoms. The number of nitriles is 1. The minimum Gasteiger partial charge on any atom is -0.355 e. The van der Waals surface area contributed by atoms with E-state index in [1.165, 1.54) is 0 Å². The predicted molar refractivity (Wildman–Crippen MR) is 105 cm³/mol. The number of pyridine rings is 1. The van der Waals surface area contributed by atoms with Crippen LogP contribution in [-0.4, -0.2) is 66.0 Å². The van der Waals surface area contributed by atoms with Gasteiger partial charge in [-0.3, -0.25) is 9.69 Å². The highest BCUT2D eigenvalue weighted by atomic mass is 16.2. The Labute approximate surface area is 160 Å². The van der Waals surface area contributed by atoms with E-state index < -0.39 is 0 Å². The van der Waals surface area contributed by atoms with E-state index in [-0.39, 0.29) is 11.9 Å². The summed E-state index contributed by atoms with van der Waals surface area (Å²) in [4.78, 5) is 23.5. The molecule has 0 saturated carbocycles. The molecule has 2 aliphatic heterocycles. The van der Waals surface area contributed by atoms with Gasteiger partial charge in [-0.05, 0) is 37.5 Å². The third kappa shape index (κ3) is 3.60. The maximum atomic E-state index is 12.6. The molecule has 4 rings (SSSR count). The third-order valence-electron chi connectivity index (χ3n) is 5.82. The SMILES string of the molecule is CN(c1ccc2ccccc2n1)[C@@H]1CCN(CC(=O)N2CCC[C@H]2C#N)C1. The summed E-state index contributed by atoms with van der Waals surface area (Å²) in [6.45, 7) is 2.88. The van der Waals surface area contributed by atoms with Crippen molar-refractivity contribution >= 4 is 22.6 Å². The fraction of sp³-hybridized carbons (Fsp3) is 0.476. The number of rotatable bonds is 4. The first kappa shape index (κ1) is 17.7. The molecule has 0 bridgehead atoms. The number of hydrogen-bond acceptors (Lipinski definition) is 5. The van der Waals surface area contributed by atoms with E-state index in [2.05, 4.69) is 41.1 Å². The molecule has 1 aromatic heterocycles. The van der Waals surface area contributed by atoms with Gasteiger partial charge in [0.05, 0.1) is 18.1 Å². The number of aromatic nitrogens is 1. The molecule has 0 N–H and O–H groups in total. The highest BCUT2D eigenvalue weighted by Gasteiger charge is 2.32. The molecule has 2 aromatic rings. The van der Waals surface area contributed by atoms with Gasteiger partial charge in [0.1, 0.15) is 11.9 Å². The van der Waals surface area contributed by atoms with E-state index >= 15 is 0 Å². The van der Waals surface area contributed by atoms with E-state index in [9.17, 15) is 10.1 Å². The van der Waals surface area contributed by atoms with E-state index in [1.807, 2.05) is 18.2 Å². The standard InChI is InChI=1S/C21H25N5O/c1-24(20-9-8-16-5-2-3-7-19(16)23-20)18-10-12-25(14-18)15-21(27)26-11-4-6-17(26)13-22/h2-3,5,7-9,17-18H,4,6,10-12,14-15H2,1H3/t17-,18+/m0/s1. The molecule has 0 spiro atoms. The van der Waals surface area contributed by atoms with Gasteiger partial charge in [-0.2, -0.15) is 5.26 Å². The molecular formula is C21H25N5O. The molecular weight excluding hydrogens is 338 g/mol. The first-order chi connectivity index (χ1) is 13.2. The van der Waals surface area contributed by atoms with Crippen LogP contribution in [0.1, 0.15) is 19.3 Å². The van der Waals surface area contributed by atoms with Crippen LogP contribution in [0.3, 0.4) is 0 Å². The fourth-order valence-electron chi connectivity index (χ4n) is 4.19. The zero-order valence-electron chi connectivity index (χ0n) is 15.7. The van der Waals surface area contributed by atoms with Crippen molar-refractivity contribution in [1.82, 2.24) is 14.8 Å². The summed E-state index contributed by atoms with van der Waals surface area (Å²) >= 11 is 0. The van der Waals surface area contributed by atoms with Gasteiger partial charge in [-0.25, -0.2) is 4.98 Å². The van der Waals surface area contributed by atoms with Crippen molar-refractivity contribution in [3.05, 3.63) is 36.4 Å². The average Bonchev–Trinajstić information content (AvgIpc) is 3.36. The van der Waals surface area contributed by atoms with Crippen molar-refractivity contribution in [3.8, 4) is 6.07 Å². The molecule has 2 fully saturated rings. The number of amides is 1. The normalized spacial score (nSPS) is 22.9. The van der Waals surface area contributed by atoms with Crippen LogP contribution < -0.4 is 4.90 Å². The molecule has 1 aromatic carbocycles. The lowest BCUT2D eigenvalue weighted by Crippen LogP contribution is -2.43. The van der Waals surface area contributed by atoms with Gasteiger partial charge in [-0.15, -0.1) is 0 Å². The Morgan fingerprint density at radius 2 is 2.11 bits per heavy atom. The quantitative estimate of drug-likeness (QED) is 0.834. The minimum atomic E-state index is -0.236. The number of hydrogen-bond donors (Lipinski definition) is 0. The number of anilines is 1. The Hall–Kier alpha value is -2.65. The van der Waals surface area contributed by atoms with E-state index in [4.69, 9.17) is 4.98 Å². The first-order valence-electron chi connectivity index (χ1n) is 9.66. The highest BCUT2D eigenvalue weighted by Crippen LogP contribution is 2.23. The summed E-state index contributed by atoms with van der Waals surface area (Å²) in [5.41, 5.74) is 1.00. The maximum Gasteiger partial charge on any atom is 0.237 e. The molecule has 140 valence electrons. The second-order valence-corrected chi connectivity index (χ2v) is 7.52. The summed E-state index contributed by atoms with van der Waals surface area (Å²) in [5, 5.41) is 10.3. The van der Waals surface area contributed by atoms with Crippen LogP contribution in [0.25, 0.3) is 10.9 Å². The monoisotopic (exact) mass is 363 g/mol. The zero-order chi connectivity index (χ0) is 18.8. The van der Waals surface area contributed by atoms with Crippen LogP contribution in [-0.2, 0) is 4.79 Å². The number of carbonyl (C=O) groups excluding carboxylic acids is 1. The molecule has 3 heterocycles. The number of fused-ring (bicyclic) bond motifs is 1. The Bertz CT molecular complexity index is 876. The van der Waals surface area contributed by atoms with Crippen molar-refractivity contribution in [2.24, 2.45) is 0 Å². The van der Waals surface area contributed by atoms with Crippen LogP contribution in [0.15, 0.2) is 36.4 Å². The summed E-state index contributed by atoms with van der Waals surface area (Å²) in [7, 11) is 2.08. The summed E-state index contributed by atoms with van der Waals surface area (Å²) < 4.78 is 0. The molecule has 1 amide bonds. The van der Waals surface area contributed by atoms with Crippen molar-refractivity contribution < 1.29 is 4.79 Å². The van der Waals surface area contributed by atoms with Crippen LogP contribution >= 0.6 is 0 Å². The minimum absolute atomic E-state index is 0.0891. The predicted octanol–water partition coefficient (Wildman–Crippen LogP) is 2.26. The molecule has 0 aliphatic carbocycles. The summed E-state index contributed by atoms with van der Waals surface area (Å²) in [5.74, 6) is 1.06. The van der Waals surface area contributed by atoms with Gasteiger partial charge in [0.2, 0.25) is 5.91 Å². The molecule has 0 unspecified atom stereocenters. The Morgan fingerprint density at radius 1 is 1.26 bits per heavy atom. The van der Waals surface area contributed by atoms with Gasteiger partial charge in [0.15, 0.2) is 0 Å². The van der Waals surface area contributed by atoms with Crippen LogP contribution in [0.5, 0.6) is 0 Å². The second-order valence-electron chi connectivity index (χ2n) is 7.52. The molecule has 2 saturated heterocycles. The van der Waals surface area contributed by atoms with Gasteiger partial charge in [0, 0.05) is 38.1 Å². The van der Waals surface area contributed by atoms with Gasteiger partial charge in [0.25, 0.3) is 0 Å². The molecule has 2 atom stereocenters. The van der Waals surface area contributed by atoms with E-state index in [1.54, 1.807) is 4.90 Å². The third-order valence-corrected chi connectivity index (χ3v) is 5.82. The molecule has 2 aliphatic rings. The summed E-state index contributed by atoms with van der Waals surface area (Å²) in [6, 6.07) is 14.7. The smallest absolute Gasteiger partial charge is 0.237 e. The zero-order valence-corrected chi connectivity index (χ0v) is 15.7. The van der Waals surface area contributed by atoms with Crippen LogP contribution in [0, 0.1) is 11.3 Å². The number of benzene rings is 1. The summed E-state index contributed by atoms with van der Waals surface area (Å²) in [6.07, 6.45) is 2.75. The van der Waals surface area contributed by atoms with Gasteiger partial charge in [-0.1, -0.05) is 18.2 Å². The molecule has 0 radical (unpaired) electrons. The number of carbonyl (C=O) groups is 1. The topological polar surface area (TPSA) is 63.5 Å². The number of nitrogens with zero attached hydrogens (tertiary/aromatic N) is 5. The maximum absolute atomic E-state index is 12.6. The Morgan fingerprint density at radius 3 is 2.96 bits per heavy atom. The number of likely N-dealkylation sites (tertiary alicyclic amines) is 2. The van der Waals surface area contributed by atoms with Crippen molar-refractivity contribution in [1.29, 1.82) is 5.26 Å². The lowest BCUT2D eigenvalue weighted by atomic mass is 10.2. The highest BCUT2D eigenvalue weighted by molar-refractivity contribution is 5.80. The average molecular weight is 363 g/mol. The second kappa shape index (κ2) is 7.53. The van der Waals surface area contributed by atoms with Crippen LogP contribution in [0.2, 0.25) is 0 Å². The lowest BCUT2D eigenvalue weighted by Gasteiger charge is -2.27. The number of likely N-dealkylation sites (N-methyl/N-ethyl adjacent to an activating group) is 1. The van der Waals surface area contributed by atoms with Gasteiger partial charge >= 0.3 is 0 Å². The lowest BCUT2D eigenvalue weighted by molar-refractivity contribution is -0.132. The first-order valence-corrected chi connectivity index (χ1v) is 9.66. The van der Waals surface area contributed by atoms with Crippen molar-refractivity contribution in [3.63, 3.8) is 0 Å². The Kier molecular flexibility index (Phi) is 4.95. The molecule has 6 nitrogen and oxygen atoms in total. The largest absolute Gasteiger partial charge is 0.355 e.